The number of ether oxygens (including phenoxy) is 1. The second-order valence-electron chi connectivity index (χ2n) is 9.07. The predicted octanol–water partition coefficient (Wildman–Crippen LogP) is 5.19. The maximum absolute atomic E-state index is 13.8. The minimum absolute atomic E-state index is 0.0903. The van der Waals surface area contributed by atoms with Crippen molar-refractivity contribution >= 4 is 34.5 Å². The Morgan fingerprint density at radius 3 is 2.42 bits per heavy atom. The topological polar surface area (TPSA) is 108 Å². The Kier molecular flexibility index (Phi) is 7.75. The summed E-state index contributed by atoms with van der Waals surface area (Å²) in [5.41, 5.74) is 3.41. The van der Waals surface area contributed by atoms with Crippen molar-refractivity contribution in [2.45, 2.75) is 24.9 Å². The molecule has 38 heavy (non-hydrogen) atoms. The molecule has 1 unspecified atom stereocenters. The van der Waals surface area contributed by atoms with Crippen LogP contribution in [-0.2, 0) is 4.79 Å². The number of aliphatic hydroxyl groups excluding tert-OH is 1. The average Bonchev–Trinajstić information content (AvgIpc) is 3.54. The molecule has 1 saturated heterocycles. The number of nitrogens with one attached hydrogen (secondary N) is 2. The van der Waals surface area contributed by atoms with Crippen LogP contribution in [0.4, 0.5) is 4.79 Å². The lowest BCUT2D eigenvalue weighted by atomic mass is 9.91. The van der Waals surface area contributed by atoms with Crippen molar-refractivity contribution in [3.63, 3.8) is 0 Å². The Hall–Kier alpha value is -3.70. The molecule has 5 rings (SSSR count). The molecule has 0 saturated carbocycles. The number of benzene rings is 3. The van der Waals surface area contributed by atoms with E-state index in [1.54, 1.807) is 30.5 Å². The number of amides is 3. The fourth-order valence-corrected chi connectivity index (χ4v) is 5.05. The van der Waals surface area contributed by atoms with E-state index in [0.29, 0.717) is 17.1 Å². The zero-order valence-electron chi connectivity index (χ0n) is 20.7. The number of hydrogen-bond donors (Lipinski definition) is 3. The minimum atomic E-state index is -0.828. The smallest absolute Gasteiger partial charge is 0.325 e. The van der Waals surface area contributed by atoms with E-state index in [9.17, 15) is 9.59 Å². The van der Waals surface area contributed by atoms with E-state index in [2.05, 4.69) is 37.9 Å². The number of carbonyl (C=O) groups is 2. The molecule has 1 aliphatic heterocycles. The van der Waals surface area contributed by atoms with E-state index in [1.807, 2.05) is 61.5 Å². The number of imidazole rings is 1. The molecular formula is C29H27IN4O4. The predicted molar refractivity (Wildman–Crippen MR) is 151 cm³/mol. The van der Waals surface area contributed by atoms with Crippen LogP contribution in [0.5, 0.6) is 5.75 Å². The molecule has 0 aliphatic carbocycles. The number of imide groups is 1. The third-order valence-electron chi connectivity index (χ3n) is 6.65. The number of halogens is 1. The lowest BCUT2D eigenvalue weighted by Gasteiger charge is -2.29. The summed E-state index contributed by atoms with van der Waals surface area (Å²) in [6.07, 6.45) is 1.74. The first kappa shape index (κ1) is 25.9. The Balaban J connectivity index is 1.48. The van der Waals surface area contributed by atoms with Crippen molar-refractivity contribution in [3.8, 4) is 17.0 Å². The van der Waals surface area contributed by atoms with Gasteiger partial charge in [0.05, 0.1) is 18.5 Å². The summed E-state index contributed by atoms with van der Waals surface area (Å²) in [6, 6.07) is 22.8. The molecule has 4 aromatic rings. The number of H-pyrrole nitrogens is 1. The molecule has 194 valence electrons. The third-order valence-corrected chi connectivity index (χ3v) is 7.37. The largest absolute Gasteiger partial charge is 0.491 e. The SMILES string of the molecule is C[C@@H](c1ccccc1)[C@@H](c1ncc(-c2ccc(I)cc2)[nH]1)N1C(=O)NC(c2ccc(OCCO)cc2)C1=O. The summed E-state index contributed by atoms with van der Waals surface area (Å²) >= 11 is 2.26. The van der Waals surface area contributed by atoms with Gasteiger partial charge in [-0.25, -0.2) is 9.78 Å². The molecular weight excluding hydrogens is 595 g/mol. The Morgan fingerprint density at radius 2 is 1.74 bits per heavy atom. The average molecular weight is 622 g/mol. The molecule has 0 bridgehead atoms. The van der Waals surface area contributed by atoms with Crippen LogP contribution in [0.1, 0.15) is 41.9 Å². The van der Waals surface area contributed by atoms with Crippen LogP contribution in [0.2, 0.25) is 0 Å². The molecule has 9 heteroatoms. The minimum Gasteiger partial charge on any atom is -0.491 e. The highest BCUT2D eigenvalue weighted by Crippen LogP contribution is 2.39. The van der Waals surface area contributed by atoms with Gasteiger partial charge in [0.2, 0.25) is 0 Å². The highest BCUT2D eigenvalue weighted by molar-refractivity contribution is 14.1. The Morgan fingerprint density at radius 1 is 1.03 bits per heavy atom. The molecule has 3 N–H and O–H groups in total. The Bertz CT molecular complexity index is 1410. The fourth-order valence-electron chi connectivity index (χ4n) is 4.69. The van der Waals surface area contributed by atoms with E-state index in [0.717, 1.165) is 20.4 Å². The molecule has 3 aromatic carbocycles. The van der Waals surface area contributed by atoms with Crippen LogP contribution in [0.15, 0.2) is 85.1 Å². The molecule has 2 heterocycles. The fraction of sp³-hybridized carbons (Fsp3) is 0.207. The Labute approximate surface area is 234 Å². The first-order valence-electron chi connectivity index (χ1n) is 12.3. The van der Waals surface area contributed by atoms with E-state index in [1.165, 1.54) is 4.90 Å². The van der Waals surface area contributed by atoms with Crippen LogP contribution < -0.4 is 10.1 Å². The molecule has 1 aromatic heterocycles. The van der Waals surface area contributed by atoms with Crippen LogP contribution >= 0.6 is 22.6 Å². The number of hydrogen-bond acceptors (Lipinski definition) is 5. The molecule has 3 atom stereocenters. The van der Waals surface area contributed by atoms with Crippen molar-refractivity contribution in [2.75, 3.05) is 13.2 Å². The van der Waals surface area contributed by atoms with Crippen LogP contribution in [0.3, 0.4) is 0 Å². The number of aromatic amines is 1. The molecule has 0 spiro atoms. The molecule has 0 radical (unpaired) electrons. The van der Waals surface area contributed by atoms with Gasteiger partial charge < -0.3 is 20.1 Å². The van der Waals surface area contributed by atoms with E-state index >= 15 is 0 Å². The standard InChI is InChI=1S/C29H27IN4O4/c1-18(19-5-3-2-4-6-19)26(27-31-17-24(32-27)20-7-11-22(30)12-8-20)34-28(36)25(33-29(34)37)21-9-13-23(14-10-21)38-16-15-35/h2-14,17-18,25-26,35H,15-16H2,1H3,(H,31,32)(H,33,37)/t18-,25?,26-/m0/s1. The summed E-state index contributed by atoms with van der Waals surface area (Å²) in [5.74, 6) is 0.533. The summed E-state index contributed by atoms with van der Waals surface area (Å²) in [6.45, 7) is 2.08. The first-order valence-corrected chi connectivity index (χ1v) is 13.4. The number of urea groups is 1. The number of aliphatic hydroxyl groups is 1. The summed E-state index contributed by atoms with van der Waals surface area (Å²) in [5, 5.41) is 11.8. The first-order chi connectivity index (χ1) is 18.5. The van der Waals surface area contributed by atoms with Crippen LogP contribution in [0.25, 0.3) is 11.3 Å². The number of carbonyl (C=O) groups excluding carboxylic acids is 2. The molecule has 3 amide bonds. The summed E-state index contributed by atoms with van der Waals surface area (Å²) < 4.78 is 6.54. The van der Waals surface area contributed by atoms with Crippen molar-refractivity contribution in [3.05, 3.63) is 106 Å². The lowest BCUT2D eigenvalue weighted by Crippen LogP contribution is -2.38. The zero-order chi connectivity index (χ0) is 26.6. The number of rotatable bonds is 9. The van der Waals surface area contributed by atoms with Gasteiger partial charge in [0.15, 0.2) is 0 Å². The van der Waals surface area contributed by atoms with Gasteiger partial charge >= 0.3 is 6.03 Å². The summed E-state index contributed by atoms with van der Waals surface area (Å²) in [7, 11) is 0. The third kappa shape index (κ3) is 5.30. The number of aromatic nitrogens is 2. The van der Waals surface area contributed by atoms with Gasteiger partial charge in [-0.05, 0) is 63.5 Å². The van der Waals surface area contributed by atoms with Gasteiger partial charge in [-0.1, -0.05) is 61.5 Å². The quantitative estimate of drug-likeness (QED) is 0.176. The monoisotopic (exact) mass is 622 g/mol. The van der Waals surface area contributed by atoms with E-state index in [4.69, 9.17) is 9.84 Å². The van der Waals surface area contributed by atoms with Gasteiger partial charge in [-0.2, -0.15) is 0 Å². The van der Waals surface area contributed by atoms with Crippen molar-refractivity contribution in [2.24, 2.45) is 0 Å². The van der Waals surface area contributed by atoms with Crippen LogP contribution in [0, 0.1) is 3.57 Å². The molecule has 8 nitrogen and oxygen atoms in total. The highest BCUT2D eigenvalue weighted by Gasteiger charge is 2.46. The maximum atomic E-state index is 13.8. The zero-order valence-corrected chi connectivity index (χ0v) is 22.8. The van der Waals surface area contributed by atoms with Gasteiger partial charge in [-0.3, -0.25) is 9.69 Å². The number of nitrogens with zero attached hydrogens (tertiary/aromatic N) is 2. The summed E-state index contributed by atoms with van der Waals surface area (Å²) in [4.78, 5) is 36.4. The van der Waals surface area contributed by atoms with E-state index < -0.39 is 18.1 Å². The second kappa shape index (κ2) is 11.4. The molecule has 1 fully saturated rings. The van der Waals surface area contributed by atoms with Crippen LogP contribution in [-0.4, -0.2) is 45.1 Å². The van der Waals surface area contributed by atoms with Crippen molar-refractivity contribution < 1.29 is 19.4 Å². The van der Waals surface area contributed by atoms with E-state index in [-0.39, 0.29) is 25.0 Å². The lowest BCUT2D eigenvalue weighted by molar-refractivity contribution is -0.129. The molecule has 1 aliphatic rings. The second-order valence-corrected chi connectivity index (χ2v) is 10.3. The van der Waals surface area contributed by atoms with Crippen molar-refractivity contribution in [1.29, 1.82) is 0 Å². The van der Waals surface area contributed by atoms with Gasteiger partial charge in [0, 0.05) is 9.49 Å². The van der Waals surface area contributed by atoms with Gasteiger partial charge in [0.25, 0.3) is 5.91 Å². The van der Waals surface area contributed by atoms with Crippen molar-refractivity contribution in [1.82, 2.24) is 20.2 Å². The maximum Gasteiger partial charge on any atom is 0.325 e. The normalized spacial score (nSPS) is 16.8. The van der Waals surface area contributed by atoms with Gasteiger partial charge in [0.1, 0.15) is 30.3 Å². The highest BCUT2D eigenvalue weighted by atomic mass is 127. The van der Waals surface area contributed by atoms with Gasteiger partial charge in [-0.15, -0.1) is 0 Å².